The number of rotatable bonds is 8. The van der Waals surface area contributed by atoms with Gasteiger partial charge in [0, 0.05) is 44.8 Å². The molecule has 0 aromatic heterocycles. The Balaban J connectivity index is 1.63. The summed E-state index contributed by atoms with van der Waals surface area (Å²) in [5, 5.41) is 2.81. The topological polar surface area (TPSA) is 78.7 Å². The Morgan fingerprint density at radius 1 is 1.16 bits per heavy atom. The van der Waals surface area contributed by atoms with Crippen LogP contribution in [0.25, 0.3) is 0 Å². The summed E-state index contributed by atoms with van der Waals surface area (Å²) < 4.78 is 0. The summed E-state index contributed by atoms with van der Waals surface area (Å²) in [6.45, 7) is 5.73. The summed E-state index contributed by atoms with van der Waals surface area (Å²) in [4.78, 5) is 28.2. The van der Waals surface area contributed by atoms with E-state index in [1.54, 1.807) is 0 Å². The molecular weight excluding hydrogens is 316 g/mol. The van der Waals surface area contributed by atoms with Gasteiger partial charge >= 0.3 is 0 Å². The molecule has 0 bridgehead atoms. The quantitative estimate of drug-likeness (QED) is 0.697. The molecule has 25 heavy (non-hydrogen) atoms. The number of benzene rings is 1. The molecule has 0 saturated carbocycles. The fourth-order valence-electron chi connectivity index (χ4n) is 3.04. The lowest BCUT2D eigenvalue weighted by Gasteiger charge is -2.36. The van der Waals surface area contributed by atoms with Gasteiger partial charge in [-0.15, -0.1) is 0 Å². The standard InChI is InChI=1S/C19H30N4O2/c1-2-7-17(20)19(25)21-11-6-10-18(24)23-14-12-22(13-15-23)16-8-4-3-5-9-16/h3-5,8-9,17H,2,6-7,10-15,20H2,1H3,(H,21,25). The Morgan fingerprint density at radius 3 is 2.48 bits per heavy atom. The van der Waals surface area contributed by atoms with E-state index in [0.29, 0.717) is 25.8 Å². The van der Waals surface area contributed by atoms with Gasteiger partial charge in [-0.3, -0.25) is 9.59 Å². The highest BCUT2D eigenvalue weighted by molar-refractivity contribution is 5.81. The van der Waals surface area contributed by atoms with Crippen molar-refractivity contribution in [2.75, 3.05) is 37.6 Å². The molecule has 138 valence electrons. The van der Waals surface area contributed by atoms with Gasteiger partial charge in [-0.25, -0.2) is 0 Å². The molecule has 1 heterocycles. The highest BCUT2D eigenvalue weighted by Gasteiger charge is 2.21. The summed E-state index contributed by atoms with van der Waals surface area (Å²) >= 11 is 0. The second-order valence-electron chi connectivity index (χ2n) is 6.49. The summed E-state index contributed by atoms with van der Waals surface area (Å²) in [7, 11) is 0. The summed E-state index contributed by atoms with van der Waals surface area (Å²) in [5.41, 5.74) is 6.96. The number of nitrogens with one attached hydrogen (secondary N) is 1. The van der Waals surface area contributed by atoms with E-state index in [2.05, 4.69) is 22.3 Å². The third kappa shape index (κ3) is 6.05. The SMILES string of the molecule is CCCC(N)C(=O)NCCCC(=O)N1CCN(c2ccccc2)CC1. The summed E-state index contributed by atoms with van der Waals surface area (Å²) in [5.74, 6) is 0.0468. The van der Waals surface area contributed by atoms with Crippen LogP contribution in [0.3, 0.4) is 0 Å². The van der Waals surface area contributed by atoms with Crippen LogP contribution in [0.15, 0.2) is 30.3 Å². The zero-order valence-corrected chi connectivity index (χ0v) is 15.1. The largest absolute Gasteiger partial charge is 0.368 e. The molecular formula is C19H30N4O2. The predicted molar refractivity (Wildman–Crippen MR) is 100 cm³/mol. The molecule has 3 N–H and O–H groups in total. The number of nitrogens with zero attached hydrogens (tertiary/aromatic N) is 2. The van der Waals surface area contributed by atoms with Gasteiger partial charge in [-0.2, -0.15) is 0 Å². The molecule has 1 saturated heterocycles. The molecule has 1 aromatic rings. The zero-order valence-electron chi connectivity index (χ0n) is 15.1. The number of anilines is 1. The minimum Gasteiger partial charge on any atom is -0.368 e. The van der Waals surface area contributed by atoms with Crippen molar-refractivity contribution in [1.82, 2.24) is 10.2 Å². The van der Waals surface area contributed by atoms with Crippen LogP contribution in [0, 0.1) is 0 Å². The predicted octanol–water partition coefficient (Wildman–Crippen LogP) is 1.36. The molecule has 0 aliphatic carbocycles. The van der Waals surface area contributed by atoms with E-state index in [0.717, 1.165) is 32.6 Å². The maximum atomic E-state index is 12.3. The first-order chi connectivity index (χ1) is 12.1. The molecule has 1 fully saturated rings. The van der Waals surface area contributed by atoms with E-state index in [1.165, 1.54) is 5.69 Å². The third-order valence-corrected chi connectivity index (χ3v) is 4.56. The Labute approximate surface area is 150 Å². The lowest BCUT2D eigenvalue weighted by Crippen LogP contribution is -2.49. The Kier molecular flexibility index (Phi) is 7.73. The number of carbonyl (C=O) groups is 2. The highest BCUT2D eigenvalue weighted by atomic mass is 16.2. The number of para-hydroxylation sites is 1. The Bertz CT molecular complexity index is 542. The lowest BCUT2D eigenvalue weighted by molar-refractivity contribution is -0.131. The average Bonchev–Trinajstić information content (AvgIpc) is 2.66. The van der Waals surface area contributed by atoms with Gasteiger partial charge in [0.05, 0.1) is 6.04 Å². The molecule has 6 nitrogen and oxygen atoms in total. The molecule has 0 spiro atoms. The molecule has 2 rings (SSSR count). The van der Waals surface area contributed by atoms with Gasteiger partial charge in [-0.05, 0) is 25.0 Å². The first kappa shape index (κ1) is 19.2. The van der Waals surface area contributed by atoms with Crippen LogP contribution in [0.1, 0.15) is 32.6 Å². The molecule has 2 amide bonds. The van der Waals surface area contributed by atoms with Gasteiger partial charge in [0.2, 0.25) is 11.8 Å². The van der Waals surface area contributed by atoms with E-state index in [-0.39, 0.29) is 11.8 Å². The number of amides is 2. The molecule has 6 heteroatoms. The van der Waals surface area contributed by atoms with Crippen molar-refractivity contribution in [2.45, 2.75) is 38.6 Å². The minimum atomic E-state index is -0.438. The van der Waals surface area contributed by atoms with Crippen LogP contribution in [0.5, 0.6) is 0 Å². The van der Waals surface area contributed by atoms with Crippen LogP contribution in [0.2, 0.25) is 0 Å². The number of carbonyl (C=O) groups excluding carboxylic acids is 2. The van der Waals surface area contributed by atoms with E-state index in [4.69, 9.17) is 5.73 Å². The van der Waals surface area contributed by atoms with Gasteiger partial charge in [-0.1, -0.05) is 31.5 Å². The molecule has 1 aliphatic rings. The van der Waals surface area contributed by atoms with Gasteiger partial charge in [0.15, 0.2) is 0 Å². The van der Waals surface area contributed by atoms with Crippen molar-refractivity contribution in [3.8, 4) is 0 Å². The van der Waals surface area contributed by atoms with Crippen molar-refractivity contribution in [2.24, 2.45) is 5.73 Å². The summed E-state index contributed by atoms with van der Waals surface area (Å²) in [6, 6.07) is 9.84. The van der Waals surface area contributed by atoms with E-state index in [9.17, 15) is 9.59 Å². The molecule has 1 aromatic carbocycles. The Hall–Kier alpha value is -2.08. The minimum absolute atomic E-state index is 0.120. The normalized spacial score (nSPS) is 15.8. The van der Waals surface area contributed by atoms with Crippen molar-refractivity contribution >= 4 is 17.5 Å². The van der Waals surface area contributed by atoms with Crippen LogP contribution < -0.4 is 16.0 Å². The fourth-order valence-corrected chi connectivity index (χ4v) is 3.04. The summed E-state index contributed by atoms with van der Waals surface area (Å²) in [6.07, 6.45) is 2.70. The first-order valence-corrected chi connectivity index (χ1v) is 9.23. The second kappa shape index (κ2) is 10.0. The van der Waals surface area contributed by atoms with Crippen molar-refractivity contribution in [3.05, 3.63) is 30.3 Å². The van der Waals surface area contributed by atoms with E-state index >= 15 is 0 Å². The number of nitrogens with two attached hydrogens (primary N) is 1. The monoisotopic (exact) mass is 346 g/mol. The molecule has 0 radical (unpaired) electrons. The highest BCUT2D eigenvalue weighted by Crippen LogP contribution is 2.16. The molecule has 1 atom stereocenters. The van der Waals surface area contributed by atoms with Crippen LogP contribution >= 0.6 is 0 Å². The zero-order chi connectivity index (χ0) is 18.1. The maximum absolute atomic E-state index is 12.3. The smallest absolute Gasteiger partial charge is 0.236 e. The van der Waals surface area contributed by atoms with E-state index in [1.807, 2.05) is 30.0 Å². The first-order valence-electron chi connectivity index (χ1n) is 9.23. The van der Waals surface area contributed by atoms with Crippen LogP contribution in [-0.2, 0) is 9.59 Å². The number of hydrogen-bond acceptors (Lipinski definition) is 4. The van der Waals surface area contributed by atoms with E-state index < -0.39 is 6.04 Å². The number of piperazine rings is 1. The third-order valence-electron chi connectivity index (χ3n) is 4.56. The molecule has 1 unspecified atom stereocenters. The van der Waals surface area contributed by atoms with Crippen molar-refractivity contribution < 1.29 is 9.59 Å². The maximum Gasteiger partial charge on any atom is 0.236 e. The lowest BCUT2D eigenvalue weighted by atomic mass is 10.1. The Morgan fingerprint density at radius 2 is 1.84 bits per heavy atom. The van der Waals surface area contributed by atoms with Crippen molar-refractivity contribution in [1.29, 1.82) is 0 Å². The number of hydrogen-bond donors (Lipinski definition) is 2. The second-order valence-corrected chi connectivity index (χ2v) is 6.49. The average molecular weight is 346 g/mol. The van der Waals surface area contributed by atoms with Crippen molar-refractivity contribution in [3.63, 3.8) is 0 Å². The molecule has 1 aliphatic heterocycles. The van der Waals surface area contributed by atoms with Gasteiger partial charge < -0.3 is 20.9 Å². The van der Waals surface area contributed by atoms with Crippen LogP contribution in [0.4, 0.5) is 5.69 Å². The van der Waals surface area contributed by atoms with Gasteiger partial charge in [0.25, 0.3) is 0 Å². The van der Waals surface area contributed by atoms with Gasteiger partial charge in [0.1, 0.15) is 0 Å². The van der Waals surface area contributed by atoms with Crippen LogP contribution in [-0.4, -0.2) is 55.5 Å². The fraction of sp³-hybridized carbons (Fsp3) is 0.579.